The molecule has 0 aliphatic heterocycles. The second-order valence-electron chi connectivity index (χ2n) is 5.82. The molecule has 27 heavy (non-hydrogen) atoms. The zero-order chi connectivity index (χ0) is 18.8. The van der Waals surface area contributed by atoms with Crippen molar-refractivity contribution in [2.24, 2.45) is 0 Å². The first kappa shape index (κ1) is 18.2. The van der Waals surface area contributed by atoms with Gasteiger partial charge in [-0.2, -0.15) is 0 Å². The van der Waals surface area contributed by atoms with Crippen LogP contribution in [0.2, 0.25) is 0 Å². The lowest BCUT2D eigenvalue weighted by atomic mass is 10.2. The highest BCUT2D eigenvalue weighted by Gasteiger charge is 2.17. The Hall–Kier alpha value is -2.22. The van der Waals surface area contributed by atoms with Gasteiger partial charge in [-0.25, -0.2) is 9.37 Å². The average molecular weight is 415 g/mol. The van der Waals surface area contributed by atoms with E-state index in [-0.39, 0.29) is 11.4 Å². The van der Waals surface area contributed by atoms with E-state index in [9.17, 15) is 9.18 Å². The Morgan fingerprint density at radius 2 is 2.15 bits per heavy atom. The monoisotopic (exact) mass is 414 g/mol. The number of rotatable bonds is 6. The molecule has 0 spiro atoms. The lowest BCUT2D eigenvalue weighted by Gasteiger charge is -2.10. The second-order valence-corrected chi connectivity index (χ2v) is 8.57. The van der Waals surface area contributed by atoms with E-state index in [1.807, 2.05) is 29.0 Å². The van der Waals surface area contributed by atoms with Crippen molar-refractivity contribution in [2.45, 2.75) is 17.5 Å². The number of fused-ring (bicyclic) bond motifs is 1. The fourth-order valence-corrected chi connectivity index (χ4v) is 5.55. The molecule has 0 radical (unpaired) electrons. The molecule has 0 atom stereocenters. The van der Waals surface area contributed by atoms with Gasteiger partial charge < -0.3 is 0 Å². The molecule has 0 fully saturated rings. The van der Waals surface area contributed by atoms with Crippen molar-refractivity contribution < 1.29 is 4.39 Å². The molecular weight excluding hydrogens is 399 g/mol. The average Bonchev–Trinajstić information content (AvgIpc) is 3.32. The third kappa shape index (κ3) is 3.63. The normalized spacial score (nSPS) is 11.1. The second kappa shape index (κ2) is 7.80. The van der Waals surface area contributed by atoms with Crippen molar-refractivity contribution >= 4 is 44.7 Å². The van der Waals surface area contributed by atoms with Crippen LogP contribution >= 0.6 is 34.4 Å². The third-order valence-corrected chi connectivity index (χ3v) is 6.84. The molecule has 0 saturated heterocycles. The van der Waals surface area contributed by atoms with Crippen molar-refractivity contribution in [3.05, 3.63) is 81.5 Å². The number of aromatic nitrogens is 2. The van der Waals surface area contributed by atoms with Gasteiger partial charge in [-0.05, 0) is 29.1 Å². The van der Waals surface area contributed by atoms with Gasteiger partial charge in [-0.15, -0.1) is 29.3 Å². The minimum absolute atomic E-state index is 0.0636. The number of hydrogen-bond acceptors (Lipinski definition) is 5. The predicted molar refractivity (Wildman–Crippen MR) is 113 cm³/mol. The molecule has 0 saturated carbocycles. The van der Waals surface area contributed by atoms with Gasteiger partial charge in [-0.1, -0.05) is 36.0 Å². The number of hydrogen-bond donors (Lipinski definition) is 0. The van der Waals surface area contributed by atoms with E-state index in [4.69, 9.17) is 4.98 Å². The smallest absolute Gasteiger partial charge is 0.263 e. The summed E-state index contributed by atoms with van der Waals surface area (Å²) in [5.74, 6) is 0.273. The van der Waals surface area contributed by atoms with Gasteiger partial charge in [0.1, 0.15) is 10.6 Å². The highest BCUT2D eigenvalue weighted by atomic mass is 32.2. The summed E-state index contributed by atoms with van der Waals surface area (Å²) in [5, 5.41) is 5.26. The van der Waals surface area contributed by atoms with Crippen molar-refractivity contribution in [2.75, 3.05) is 0 Å². The third-order valence-electron chi connectivity index (χ3n) is 4.01. The number of benzene rings is 1. The van der Waals surface area contributed by atoms with Crippen molar-refractivity contribution in [3.63, 3.8) is 0 Å². The summed E-state index contributed by atoms with van der Waals surface area (Å²) in [7, 11) is 0. The van der Waals surface area contributed by atoms with Crippen LogP contribution in [0.4, 0.5) is 4.39 Å². The first-order valence-corrected chi connectivity index (χ1v) is 11.0. The summed E-state index contributed by atoms with van der Waals surface area (Å²) < 4.78 is 15.1. The van der Waals surface area contributed by atoms with E-state index < -0.39 is 0 Å². The van der Waals surface area contributed by atoms with Gasteiger partial charge >= 0.3 is 0 Å². The zero-order valence-electron chi connectivity index (χ0n) is 14.2. The van der Waals surface area contributed by atoms with Gasteiger partial charge in [0.15, 0.2) is 5.16 Å². The maximum Gasteiger partial charge on any atom is 0.263 e. The Labute approximate surface area is 167 Å². The molecule has 0 amide bonds. The van der Waals surface area contributed by atoms with Gasteiger partial charge in [0.25, 0.3) is 5.56 Å². The maximum atomic E-state index is 13.4. The molecule has 136 valence electrons. The fraction of sp³-hybridized carbons (Fsp3) is 0.100. The molecule has 0 N–H and O–H groups in total. The maximum absolute atomic E-state index is 13.4. The van der Waals surface area contributed by atoms with Crippen LogP contribution in [0.5, 0.6) is 0 Å². The van der Waals surface area contributed by atoms with E-state index in [1.54, 1.807) is 28.0 Å². The Balaban J connectivity index is 1.77. The fourth-order valence-electron chi connectivity index (χ4n) is 2.79. The number of allylic oxidation sites excluding steroid dienone is 1. The van der Waals surface area contributed by atoms with Crippen LogP contribution in [0.25, 0.3) is 20.7 Å². The van der Waals surface area contributed by atoms with Crippen LogP contribution in [0, 0.1) is 5.82 Å². The minimum atomic E-state index is -0.265. The number of halogens is 1. The Morgan fingerprint density at radius 1 is 1.26 bits per heavy atom. The van der Waals surface area contributed by atoms with E-state index in [0.29, 0.717) is 22.8 Å². The van der Waals surface area contributed by atoms with Crippen LogP contribution in [0.1, 0.15) is 5.56 Å². The molecule has 0 aliphatic carbocycles. The van der Waals surface area contributed by atoms with Gasteiger partial charge in [0, 0.05) is 28.1 Å². The largest absolute Gasteiger partial charge is 0.283 e. The molecular formula is C20H15FN2OS3. The molecule has 0 bridgehead atoms. The molecule has 0 unspecified atom stereocenters. The zero-order valence-corrected chi connectivity index (χ0v) is 16.7. The lowest BCUT2D eigenvalue weighted by Crippen LogP contribution is -2.22. The molecule has 1 aromatic carbocycles. The highest BCUT2D eigenvalue weighted by molar-refractivity contribution is 7.98. The molecule has 0 aliphatic rings. The molecule has 3 heterocycles. The Kier molecular flexibility index (Phi) is 5.24. The summed E-state index contributed by atoms with van der Waals surface area (Å²) in [6.07, 6.45) is 1.69. The van der Waals surface area contributed by atoms with Gasteiger partial charge in [-0.3, -0.25) is 9.36 Å². The first-order chi connectivity index (χ1) is 13.2. The van der Waals surface area contributed by atoms with Crippen molar-refractivity contribution in [1.82, 2.24) is 9.55 Å². The molecule has 3 nitrogen and oxygen atoms in total. The van der Waals surface area contributed by atoms with Crippen molar-refractivity contribution in [3.8, 4) is 10.4 Å². The molecule has 4 aromatic rings. The number of thiophene rings is 2. The van der Waals surface area contributed by atoms with Crippen LogP contribution in [0.15, 0.2) is 69.8 Å². The quantitative estimate of drug-likeness (QED) is 0.227. The minimum Gasteiger partial charge on any atom is -0.283 e. The summed E-state index contributed by atoms with van der Waals surface area (Å²) in [6, 6.07) is 10.5. The highest BCUT2D eigenvalue weighted by Crippen LogP contribution is 2.35. The first-order valence-electron chi connectivity index (χ1n) is 8.21. The van der Waals surface area contributed by atoms with E-state index >= 15 is 0 Å². The van der Waals surface area contributed by atoms with Crippen LogP contribution < -0.4 is 5.56 Å². The van der Waals surface area contributed by atoms with Crippen LogP contribution in [-0.2, 0) is 12.3 Å². The standard InChI is InChI=1S/C20H15FN2OS3/c1-2-8-23-19(24)17-15(16-7-4-9-25-16)12-26-18(17)22-20(23)27-11-13-5-3-6-14(21)10-13/h2-7,9-10,12H,1,8,11H2. The SMILES string of the molecule is C=CCn1c(SCc2cccc(F)c2)nc2scc(-c3cccs3)c2c1=O. The molecule has 3 aromatic heterocycles. The van der Waals surface area contributed by atoms with Crippen LogP contribution in [-0.4, -0.2) is 9.55 Å². The van der Waals surface area contributed by atoms with Gasteiger partial charge in [0.2, 0.25) is 0 Å². The van der Waals surface area contributed by atoms with E-state index in [0.717, 1.165) is 20.8 Å². The summed E-state index contributed by atoms with van der Waals surface area (Å²) >= 11 is 4.51. The summed E-state index contributed by atoms with van der Waals surface area (Å²) in [5.41, 5.74) is 1.72. The topological polar surface area (TPSA) is 34.9 Å². The molecule has 7 heteroatoms. The van der Waals surface area contributed by atoms with E-state index in [1.165, 1.54) is 35.2 Å². The van der Waals surface area contributed by atoms with Crippen molar-refractivity contribution in [1.29, 1.82) is 0 Å². The number of thioether (sulfide) groups is 1. The molecule has 4 rings (SSSR count). The van der Waals surface area contributed by atoms with E-state index in [2.05, 4.69) is 6.58 Å². The van der Waals surface area contributed by atoms with Gasteiger partial charge in [0.05, 0.1) is 5.39 Å². The summed E-state index contributed by atoms with van der Waals surface area (Å²) in [4.78, 5) is 19.7. The lowest BCUT2D eigenvalue weighted by molar-refractivity contribution is 0.626. The predicted octanol–water partition coefficient (Wildman–Crippen LogP) is 5.80. The Bertz CT molecular complexity index is 1160. The van der Waals surface area contributed by atoms with Crippen LogP contribution in [0.3, 0.4) is 0 Å². The Morgan fingerprint density at radius 3 is 2.89 bits per heavy atom. The summed E-state index contributed by atoms with van der Waals surface area (Å²) in [6.45, 7) is 4.15. The number of nitrogens with zero attached hydrogens (tertiary/aromatic N) is 2.